The van der Waals surface area contributed by atoms with E-state index in [1.807, 2.05) is 4.90 Å². The molecule has 2 N–H and O–H groups in total. The van der Waals surface area contributed by atoms with Gasteiger partial charge in [0.15, 0.2) is 0 Å². The van der Waals surface area contributed by atoms with Crippen LogP contribution in [0.5, 0.6) is 0 Å². The third-order valence-electron chi connectivity index (χ3n) is 7.23. The molecule has 31 heavy (non-hydrogen) atoms. The van der Waals surface area contributed by atoms with Gasteiger partial charge in [-0.15, -0.1) is 0 Å². The molecular formula is C24H35FN4O2. The molecule has 0 radical (unpaired) electrons. The molecule has 2 aliphatic heterocycles. The zero-order valence-corrected chi connectivity index (χ0v) is 18.3. The van der Waals surface area contributed by atoms with E-state index < -0.39 is 6.04 Å². The lowest BCUT2D eigenvalue weighted by Crippen LogP contribution is -2.56. The van der Waals surface area contributed by atoms with E-state index in [2.05, 4.69) is 15.5 Å². The molecule has 3 aliphatic rings. The number of piperazine rings is 1. The van der Waals surface area contributed by atoms with E-state index in [0.29, 0.717) is 37.7 Å². The highest BCUT2D eigenvalue weighted by molar-refractivity contribution is 5.88. The number of hydrogen-bond acceptors (Lipinski definition) is 4. The maximum absolute atomic E-state index is 14.1. The van der Waals surface area contributed by atoms with Gasteiger partial charge in [0.2, 0.25) is 11.8 Å². The van der Waals surface area contributed by atoms with Crippen LogP contribution in [-0.4, -0.2) is 66.4 Å². The van der Waals surface area contributed by atoms with Crippen molar-refractivity contribution in [3.8, 4) is 0 Å². The number of benzene rings is 1. The van der Waals surface area contributed by atoms with E-state index in [0.717, 1.165) is 32.0 Å². The molecule has 0 aromatic heterocycles. The van der Waals surface area contributed by atoms with Crippen molar-refractivity contribution < 1.29 is 14.0 Å². The minimum atomic E-state index is -0.558. The summed E-state index contributed by atoms with van der Waals surface area (Å²) in [6.45, 7) is 4.40. The number of nitrogens with one attached hydrogen (secondary N) is 2. The van der Waals surface area contributed by atoms with Gasteiger partial charge in [0, 0.05) is 37.8 Å². The zero-order valence-electron chi connectivity index (χ0n) is 18.3. The molecule has 1 unspecified atom stereocenters. The molecule has 0 spiro atoms. The molecule has 170 valence electrons. The molecule has 3 fully saturated rings. The van der Waals surface area contributed by atoms with Gasteiger partial charge < -0.3 is 15.5 Å². The van der Waals surface area contributed by atoms with E-state index in [1.54, 1.807) is 18.2 Å². The van der Waals surface area contributed by atoms with E-state index in [9.17, 15) is 14.0 Å². The first-order valence-electron chi connectivity index (χ1n) is 11.9. The van der Waals surface area contributed by atoms with Gasteiger partial charge in [-0.3, -0.25) is 14.5 Å². The van der Waals surface area contributed by atoms with Gasteiger partial charge in [0.1, 0.15) is 5.82 Å². The van der Waals surface area contributed by atoms with Crippen LogP contribution in [0.2, 0.25) is 0 Å². The molecule has 2 saturated heterocycles. The summed E-state index contributed by atoms with van der Waals surface area (Å²) in [5.41, 5.74) is 0.552. The Morgan fingerprint density at radius 2 is 1.84 bits per heavy atom. The zero-order chi connectivity index (χ0) is 21.6. The summed E-state index contributed by atoms with van der Waals surface area (Å²) in [5.74, 6) is -0.0154. The van der Waals surface area contributed by atoms with E-state index in [-0.39, 0.29) is 24.1 Å². The number of amides is 2. The summed E-state index contributed by atoms with van der Waals surface area (Å²) in [6, 6.07) is 6.83. The van der Waals surface area contributed by atoms with Gasteiger partial charge in [-0.25, -0.2) is 4.39 Å². The van der Waals surface area contributed by atoms with Crippen molar-refractivity contribution in [2.24, 2.45) is 5.92 Å². The van der Waals surface area contributed by atoms with E-state index in [1.165, 1.54) is 31.7 Å². The van der Waals surface area contributed by atoms with E-state index >= 15 is 0 Å². The number of halogens is 1. The van der Waals surface area contributed by atoms with Crippen LogP contribution in [-0.2, 0) is 16.1 Å². The summed E-state index contributed by atoms with van der Waals surface area (Å²) in [6.07, 6.45) is 7.77. The average molecular weight is 431 g/mol. The van der Waals surface area contributed by atoms with Gasteiger partial charge in [0.05, 0.1) is 12.5 Å². The number of rotatable bonds is 7. The Labute approximate surface area is 184 Å². The average Bonchev–Trinajstić information content (AvgIpc) is 3.32. The van der Waals surface area contributed by atoms with Crippen LogP contribution < -0.4 is 10.6 Å². The number of likely N-dealkylation sites (tertiary alicyclic amines) is 1. The lowest BCUT2D eigenvalue weighted by atomic mass is 9.95. The predicted octanol–water partition coefficient (Wildman–Crippen LogP) is 2.29. The fraction of sp³-hybridized carbons (Fsp3) is 0.667. The molecular weight excluding hydrogens is 395 g/mol. The van der Waals surface area contributed by atoms with E-state index in [4.69, 9.17) is 0 Å². The van der Waals surface area contributed by atoms with Crippen LogP contribution in [0.3, 0.4) is 0 Å². The van der Waals surface area contributed by atoms with Crippen molar-refractivity contribution in [2.45, 2.75) is 63.6 Å². The van der Waals surface area contributed by atoms with Crippen molar-refractivity contribution in [3.63, 3.8) is 0 Å². The molecule has 0 bridgehead atoms. The summed E-state index contributed by atoms with van der Waals surface area (Å²) in [5, 5.41) is 5.91. The molecule has 2 amide bonds. The Bertz CT molecular complexity index is 760. The third-order valence-corrected chi connectivity index (χ3v) is 7.23. The fourth-order valence-corrected chi connectivity index (χ4v) is 5.32. The van der Waals surface area contributed by atoms with Gasteiger partial charge in [-0.05, 0) is 50.8 Å². The highest BCUT2D eigenvalue weighted by atomic mass is 19.1. The minimum Gasteiger partial charge on any atom is -0.356 e. The van der Waals surface area contributed by atoms with Gasteiger partial charge in [-0.1, -0.05) is 31.0 Å². The number of hydrogen-bond donors (Lipinski definition) is 2. The lowest BCUT2D eigenvalue weighted by Gasteiger charge is -2.36. The second-order valence-corrected chi connectivity index (χ2v) is 9.29. The Morgan fingerprint density at radius 3 is 2.58 bits per heavy atom. The number of piperidine rings is 1. The first-order chi connectivity index (χ1) is 15.1. The standard InChI is InChI=1S/C24H35FN4O2/c25-21-8-4-1-5-19(21)17-29-14-11-26-24(31)22(29)15-23(30)27-16-18-9-12-28(13-10-18)20-6-2-3-7-20/h1,4-5,8,18,20,22H,2-3,6-7,9-17H2,(H,26,31)(H,27,30). The third kappa shape index (κ3) is 5.83. The van der Waals surface area contributed by atoms with Crippen LogP contribution in [0.15, 0.2) is 24.3 Å². The van der Waals surface area contributed by atoms with Crippen molar-refractivity contribution in [1.82, 2.24) is 20.4 Å². The van der Waals surface area contributed by atoms with Crippen LogP contribution in [0.25, 0.3) is 0 Å². The quantitative estimate of drug-likeness (QED) is 0.697. The Morgan fingerprint density at radius 1 is 1.10 bits per heavy atom. The van der Waals surface area contributed by atoms with Crippen LogP contribution in [0.4, 0.5) is 4.39 Å². The molecule has 2 heterocycles. The molecule has 1 aromatic rings. The Kier molecular flexibility index (Phi) is 7.56. The normalized spacial score (nSPS) is 24.3. The van der Waals surface area contributed by atoms with Crippen LogP contribution in [0, 0.1) is 11.7 Å². The molecule has 7 heteroatoms. The first-order valence-corrected chi connectivity index (χ1v) is 11.9. The van der Waals surface area contributed by atoms with Gasteiger partial charge >= 0.3 is 0 Å². The molecule has 6 nitrogen and oxygen atoms in total. The Balaban J connectivity index is 1.24. The lowest BCUT2D eigenvalue weighted by molar-refractivity contribution is -0.134. The molecule has 1 atom stereocenters. The molecule has 1 aromatic carbocycles. The smallest absolute Gasteiger partial charge is 0.237 e. The largest absolute Gasteiger partial charge is 0.356 e. The van der Waals surface area contributed by atoms with Gasteiger partial charge in [0.25, 0.3) is 0 Å². The van der Waals surface area contributed by atoms with Gasteiger partial charge in [-0.2, -0.15) is 0 Å². The highest BCUT2D eigenvalue weighted by Crippen LogP contribution is 2.27. The van der Waals surface area contributed by atoms with Crippen LogP contribution >= 0.6 is 0 Å². The van der Waals surface area contributed by atoms with Crippen molar-refractivity contribution in [1.29, 1.82) is 0 Å². The fourth-order valence-electron chi connectivity index (χ4n) is 5.32. The highest BCUT2D eigenvalue weighted by Gasteiger charge is 2.32. The maximum atomic E-state index is 14.1. The summed E-state index contributed by atoms with van der Waals surface area (Å²) in [7, 11) is 0. The van der Waals surface area contributed by atoms with Crippen molar-refractivity contribution in [3.05, 3.63) is 35.6 Å². The van der Waals surface area contributed by atoms with Crippen molar-refractivity contribution in [2.75, 3.05) is 32.7 Å². The molecule has 1 saturated carbocycles. The molecule has 1 aliphatic carbocycles. The second-order valence-electron chi connectivity index (χ2n) is 9.29. The summed E-state index contributed by atoms with van der Waals surface area (Å²) >= 11 is 0. The monoisotopic (exact) mass is 430 g/mol. The van der Waals surface area contributed by atoms with Crippen LogP contribution in [0.1, 0.15) is 50.5 Å². The summed E-state index contributed by atoms with van der Waals surface area (Å²) in [4.78, 5) is 29.6. The predicted molar refractivity (Wildman–Crippen MR) is 118 cm³/mol. The topological polar surface area (TPSA) is 64.7 Å². The number of carbonyl (C=O) groups is 2. The minimum absolute atomic E-state index is 0.0983. The summed E-state index contributed by atoms with van der Waals surface area (Å²) < 4.78 is 14.1. The second kappa shape index (κ2) is 10.6. The SMILES string of the molecule is O=C(CC1C(=O)NCCN1Cc1ccccc1F)NCC1CCN(C2CCCC2)CC1. The number of carbonyl (C=O) groups excluding carboxylic acids is 2. The molecule has 4 rings (SSSR count). The first kappa shape index (κ1) is 22.2. The maximum Gasteiger partial charge on any atom is 0.237 e. The number of nitrogens with zero attached hydrogens (tertiary/aromatic N) is 2. The van der Waals surface area contributed by atoms with Crippen molar-refractivity contribution >= 4 is 11.8 Å². The Hall–Kier alpha value is -1.99.